The number of β-amino-alcohol motifs (C(OH)–C–C–N with tert-alkyl or cyclic N) is 10. The molecule has 0 bridgehead atoms. The second kappa shape index (κ2) is 43.8. The van der Waals surface area contributed by atoms with E-state index in [9.17, 15) is 51.1 Å². The molecule has 16 N–H and O–H groups in total. The first-order valence-corrected chi connectivity index (χ1v) is 40.8. The average Bonchev–Trinajstić information content (AvgIpc) is 1.75. The number of rotatable bonds is 3. The van der Waals surface area contributed by atoms with Crippen LogP contribution in [-0.2, 0) is 0 Å². The van der Waals surface area contributed by atoms with E-state index in [1.807, 2.05) is 25.7 Å². The molecule has 0 radical (unpaired) electrons. The third kappa shape index (κ3) is 38.1. The van der Waals surface area contributed by atoms with E-state index in [1.54, 1.807) is 0 Å². The molecule has 642 valence electrons. The number of nitrogens with zero attached hydrogens (tertiary/aromatic N) is 10. The van der Waals surface area contributed by atoms with Gasteiger partial charge in [-0.1, -0.05) is 0 Å². The molecule has 0 saturated carbocycles. The number of hydrogen-bond donors (Lipinski definition) is 15. The van der Waals surface area contributed by atoms with Crippen LogP contribution in [-0.4, -0.2) is 398 Å². The molecule has 10 aliphatic rings. The van der Waals surface area contributed by atoms with Gasteiger partial charge in [0, 0.05) is 172 Å². The SMILES string of the molecule is CC(C)(C)N1CC(O)C1.CC(C)(C)N1CCCC1.CC(C)(C)N1CC[C@@H](N)C1.CC(C)(C)N1CC[C@@H](O)C1.CC(C)(C)N1CC[C@H](O)C1.CC(C)(C)N1C[C@@H](O)[C@@H](O)C1.CC(C)(C)N1C[C@@H](O)[C@H](O)[C@H]1CO.CC(C)(C)N1C[C@H](O)C[C@@H]1CO.CC(C)(C)N1C[C@H](O)C[C@H]1CO.CC(C)(C)N1C[C@H](O)[C@@H](O)C1. The quantitative estimate of drug-likeness (QED) is 0.189. The van der Waals surface area contributed by atoms with Crippen LogP contribution in [0.2, 0.25) is 0 Å². The second-order valence-electron chi connectivity index (χ2n) is 42.0. The van der Waals surface area contributed by atoms with Gasteiger partial charge in [-0.3, -0.25) is 49.0 Å². The highest BCUT2D eigenvalue weighted by Gasteiger charge is 2.45. The lowest BCUT2D eigenvalue weighted by atomic mass is 9.99. The van der Waals surface area contributed by atoms with E-state index in [2.05, 4.69) is 231 Å². The fraction of sp³-hybridized carbons (Fsp3) is 1.00. The van der Waals surface area contributed by atoms with Crippen LogP contribution in [0.4, 0.5) is 0 Å². The van der Waals surface area contributed by atoms with Crippen molar-refractivity contribution in [3.8, 4) is 0 Å². The van der Waals surface area contributed by atoms with E-state index in [1.165, 1.54) is 32.5 Å². The minimum Gasteiger partial charge on any atom is -0.395 e. The molecule has 0 amide bonds. The third-order valence-corrected chi connectivity index (χ3v) is 22.2. The molecule has 107 heavy (non-hydrogen) atoms. The highest BCUT2D eigenvalue weighted by atomic mass is 16.3. The van der Waals surface area contributed by atoms with Crippen molar-refractivity contribution >= 4 is 0 Å². The van der Waals surface area contributed by atoms with Gasteiger partial charge in [-0.15, -0.1) is 0 Å². The molecule has 0 aliphatic carbocycles. The first-order chi connectivity index (χ1) is 48.2. The first kappa shape index (κ1) is 104. The Balaban J connectivity index is 0.000000595. The van der Waals surface area contributed by atoms with Crippen molar-refractivity contribution < 1.29 is 71.5 Å². The molecule has 0 spiro atoms. The van der Waals surface area contributed by atoms with Crippen LogP contribution < -0.4 is 5.73 Å². The highest BCUT2D eigenvalue weighted by molar-refractivity contribution is 4.99. The summed E-state index contributed by atoms with van der Waals surface area (Å²) in [6.45, 7) is 79.0. The number of likely N-dealkylation sites (tertiary alicyclic amines) is 10. The van der Waals surface area contributed by atoms with Crippen molar-refractivity contribution in [1.82, 2.24) is 49.0 Å². The Morgan fingerprint density at radius 1 is 0.252 bits per heavy atom. The number of hydrogen-bond acceptors (Lipinski definition) is 25. The summed E-state index contributed by atoms with van der Waals surface area (Å²) in [4.78, 5) is 22.3. The lowest BCUT2D eigenvalue weighted by Gasteiger charge is -2.45. The zero-order chi connectivity index (χ0) is 83.5. The molecule has 10 heterocycles. The van der Waals surface area contributed by atoms with Crippen LogP contribution in [0.3, 0.4) is 0 Å². The van der Waals surface area contributed by atoms with Crippen molar-refractivity contribution in [1.29, 1.82) is 0 Å². The molecule has 10 rings (SSSR count). The van der Waals surface area contributed by atoms with Crippen molar-refractivity contribution in [3.05, 3.63) is 0 Å². The van der Waals surface area contributed by atoms with Crippen LogP contribution in [0, 0.1) is 0 Å². The fourth-order valence-electron chi connectivity index (χ4n) is 14.8. The largest absolute Gasteiger partial charge is 0.395 e. The lowest BCUT2D eigenvalue weighted by molar-refractivity contribution is -0.0485. The molecule has 0 aromatic heterocycles. The van der Waals surface area contributed by atoms with Crippen molar-refractivity contribution in [3.63, 3.8) is 0 Å². The minimum atomic E-state index is -0.829. The number of nitrogens with two attached hydrogens (primary N) is 1. The van der Waals surface area contributed by atoms with Gasteiger partial charge in [0.25, 0.3) is 0 Å². The van der Waals surface area contributed by atoms with Gasteiger partial charge < -0.3 is 77.2 Å². The smallest absolute Gasteiger partial charge is 0.0988 e. The molecular weight excluding hydrogens is 1360 g/mol. The maximum atomic E-state index is 9.54. The topological polar surface area (TPSA) is 342 Å². The van der Waals surface area contributed by atoms with Crippen molar-refractivity contribution in [2.45, 2.75) is 399 Å². The summed E-state index contributed by atoms with van der Waals surface area (Å²) in [5.41, 5.74) is 7.29. The van der Waals surface area contributed by atoms with Gasteiger partial charge >= 0.3 is 0 Å². The van der Waals surface area contributed by atoms with Crippen LogP contribution in [0.1, 0.15) is 253 Å². The summed E-state index contributed by atoms with van der Waals surface area (Å²) in [5, 5.41) is 129. The Hall–Kier alpha value is -1.00. The number of aliphatic hydroxyl groups excluding tert-OH is 14. The molecule has 10 fully saturated rings. The Morgan fingerprint density at radius 2 is 0.523 bits per heavy atom. The molecule has 0 unspecified atom stereocenters. The number of aliphatic hydroxyl groups is 14. The Labute approximate surface area is 653 Å². The Bertz CT molecular complexity index is 2220. The van der Waals surface area contributed by atoms with Gasteiger partial charge in [0.1, 0.15) is 0 Å². The monoisotopic (exact) mass is 1540 g/mol. The molecule has 14 atom stereocenters. The van der Waals surface area contributed by atoms with Gasteiger partial charge in [-0.05, 0) is 266 Å². The maximum Gasteiger partial charge on any atom is 0.0988 e. The van der Waals surface area contributed by atoms with E-state index in [4.69, 9.17) is 26.2 Å². The normalized spacial score (nSPS) is 31.1. The van der Waals surface area contributed by atoms with Gasteiger partial charge in [-0.25, -0.2) is 0 Å². The van der Waals surface area contributed by atoms with E-state index in [-0.39, 0.29) is 113 Å². The van der Waals surface area contributed by atoms with Gasteiger partial charge in [-0.2, -0.15) is 0 Å². The summed E-state index contributed by atoms with van der Waals surface area (Å²) in [7, 11) is 0. The third-order valence-electron chi connectivity index (χ3n) is 22.2. The predicted octanol–water partition coefficient (Wildman–Crippen LogP) is 4.12. The molecular formula is C82H175N11O14. The lowest BCUT2D eigenvalue weighted by Crippen LogP contribution is -2.58. The Morgan fingerprint density at radius 3 is 0.682 bits per heavy atom. The van der Waals surface area contributed by atoms with Gasteiger partial charge in [0.05, 0.1) is 93.0 Å². The first-order valence-electron chi connectivity index (χ1n) is 40.8. The second-order valence-corrected chi connectivity index (χ2v) is 42.0. The Kier molecular flexibility index (Phi) is 42.6. The molecule has 10 aliphatic heterocycles. The molecule has 25 heteroatoms. The highest BCUT2D eigenvalue weighted by Crippen LogP contribution is 2.31. The van der Waals surface area contributed by atoms with Gasteiger partial charge in [0.15, 0.2) is 0 Å². The zero-order valence-electron chi connectivity index (χ0n) is 74.1. The molecule has 0 aromatic carbocycles. The van der Waals surface area contributed by atoms with Crippen LogP contribution in [0.15, 0.2) is 0 Å². The molecule has 0 aromatic rings. The van der Waals surface area contributed by atoms with Crippen LogP contribution in [0.25, 0.3) is 0 Å². The van der Waals surface area contributed by atoms with Crippen molar-refractivity contribution in [2.75, 3.05) is 131 Å². The van der Waals surface area contributed by atoms with Crippen molar-refractivity contribution in [2.24, 2.45) is 5.73 Å². The summed E-state index contributed by atoms with van der Waals surface area (Å²) in [6, 6.07) is 0.356. The maximum absolute atomic E-state index is 9.54. The van der Waals surface area contributed by atoms with E-state index in [0.29, 0.717) is 75.8 Å². The summed E-state index contributed by atoms with van der Waals surface area (Å²) >= 11 is 0. The van der Waals surface area contributed by atoms with Crippen LogP contribution in [0.5, 0.6) is 0 Å². The minimum absolute atomic E-state index is 0.0465. The van der Waals surface area contributed by atoms with E-state index >= 15 is 0 Å². The van der Waals surface area contributed by atoms with E-state index in [0.717, 1.165) is 65.1 Å². The average molecular weight is 1540 g/mol. The summed E-state index contributed by atoms with van der Waals surface area (Å²) < 4.78 is 0. The summed E-state index contributed by atoms with van der Waals surface area (Å²) in [6.07, 6.45) is 2.68. The fourth-order valence-corrected chi connectivity index (χ4v) is 14.8. The van der Waals surface area contributed by atoms with Crippen LogP contribution >= 0.6 is 0 Å². The zero-order valence-corrected chi connectivity index (χ0v) is 74.1. The molecule has 10 saturated heterocycles. The summed E-state index contributed by atoms with van der Waals surface area (Å²) in [5.74, 6) is 0. The predicted molar refractivity (Wildman–Crippen MR) is 438 cm³/mol. The standard InChI is InChI=1S/C9H19NO3.2C9H19NO2.C8H18N2.2C8H17NO2.2C8H17NO.C8H17N.C7H15NO/c1-9(2,3)10-4-7(12)8(13)6(10)5-11;2*1-9(2,3)10-5-8(12)4-7(10)6-11;1-8(2,3)10-5-4-7(9)6-10;2*1-8(2,3)9-4-6(10)7(11)5-9;2*1-8(2,3)9-5-4-7(10)6-9;1-8(2,3)9-6-4-5-7-9;1-7(2,3)8-4-6(9)5-8/h6-8,11-13H,4-5H2,1-3H3;2*7-8,11-12H,4-6H2,1-3H3;7H,4-6,9H2,1-3H3;2*6-7,10-11H,4-5H2,1-3H3;2*7,10H,4-6H2,1-3H3;4-7H2,1-3H3;6,9H,4-5H2,1-3H3/t6-,7-,8-;7-,8+;7-,8-;7-;6-,7+;6-,7-;2*7-;;/m1011.010../s1. The van der Waals surface area contributed by atoms with Gasteiger partial charge in [0.2, 0.25) is 0 Å². The van der Waals surface area contributed by atoms with E-state index < -0.39 is 36.6 Å². The molecule has 25 nitrogen and oxygen atoms in total.